The lowest BCUT2D eigenvalue weighted by Gasteiger charge is -2.40. The molecule has 20 heavy (non-hydrogen) atoms. The van der Waals surface area contributed by atoms with Crippen molar-refractivity contribution < 1.29 is 4.42 Å². The number of piperidine rings is 1. The Balaban J connectivity index is 1.64. The van der Waals surface area contributed by atoms with E-state index in [4.69, 9.17) is 4.42 Å². The zero-order valence-electron chi connectivity index (χ0n) is 12.6. The molecule has 2 fully saturated rings. The molecule has 3 unspecified atom stereocenters. The van der Waals surface area contributed by atoms with Gasteiger partial charge >= 0.3 is 6.01 Å². The summed E-state index contributed by atoms with van der Waals surface area (Å²) >= 11 is 0. The van der Waals surface area contributed by atoms with E-state index in [1.165, 1.54) is 32.1 Å². The first-order valence-corrected chi connectivity index (χ1v) is 8.09. The van der Waals surface area contributed by atoms with E-state index in [9.17, 15) is 0 Å². The van der Waals surface area contributed by atoms with Crippen LogP contribution >= 0.6 is 0 Å². The van der Waals surface area contributed by atoms with Gasteiger partial charge in [-0.1, -0.05) is 31.3 Å². The van der Waals surface area contributed by atoms with E-state index < -0.39 is 0 Å². The van der Waals surface area contributed by atoms with Crippen LogP contribution in [-0.4, -0.2) is 29.8 Å². The first-order chi connectivity index (χ1) is 9.78. The number of nitrogens with one attached hydrogen (secondary N) is 1. The molecule has 5 nitrogen and oxygen atoms in total. The van der Waals surface area contributed by atoms with Crippen molar-refractivity contribution in [3.05, 3.63) is 5.89 Å². The van der Waals surface area contributed by atoms with E-state index in [1.807, 2.05) is 0 Å². The van der Waals surface area contributed by atoms with Gasteiger partial charge in [0, 0.05) is 13.1 Å². The van der Waals surface area contributed by atoms with Crippen LogP contribution in [0.4, 0.5) is 6.01 Å². The lowest BCUT2D eigenvalue weighted by atomic mass is 9.75. The highest BCUT2D eigenvalue weighted by atomic mass is 16.4. The molecule has 1 aliphatic heterocycles. The second-order valence-corrected chi connectivity index (χ2v) is 6.24. The highest BCUT2D eigenvalue weighted by Gasteiger charge is 2.33. The average molecular weight is 278 g/mol. The molecular weight excluding hydrogens is 252 g/mol. The zero-order chi connectivity index (χ0) is 13.9. The fourth-order valence-corrected chi connectivity index (χ4v) is 3.70. The van der Waals surface area contributed by atoms with E-state index in [0.29, 0.717) is 11.9 Å². The van der Waals surface area contributed by atoms with Gasteiger partial charge in [0.25, 0.3) is 0 Å². The highest BCUT2D eigenvalue weighted by Crippen LogP contribution is 2.37. The minimum Gasteiger partial charge on any atom is -0.406 e. The van der Waals surface area contributed by atoms with Gasteiger partial charge in [-0.2, -0.15) is 0 Å². The van der Waals surface area contributed by atoms with Crippen molar-refractivity contribution in [1.82, 2.24) is 15.5 Å². The van der Waals surface area contributed by atoms with Gasteiger partial charge in [0.15, 0.2) is 0 Å². The number of fused-ring (bicyclic) bond motifs is 1. The summed E-state index contributed by atoms with van der Waals surface area (Å²) in [4.78, 5) is 2.29. The lowest BCUT2D eigenvalue weighted by Crippen LogP contribution is -2.42. The molecule has 0 radical (unpaired) electrons. The van der Waals surface area contributed by atoms with Crippen LogP contribution in [0.3, 0.4) is 0 Å². The highest BCUT2D eigenvalue weighted by molar-refractivity contribution is 5.26. The molecule has 5 heteroatoms. The largest absolute Gasteiger partial charge is 0.406 e. The predicted molar refractivity (Wildman–Crippen MR) is 78.7 cm³/mol. The molecule has 1 aromatic rings. The third-order valence-corrected chi connectivity index (χ3v) is 4.87. The zero-order valence-corrected chi connectivity index (χ0v) is 12.6. The van der Waals surface area contributed by atoms with Crippen molar-refractivity contribution in [2.45, 2.75) is 52.0 Å². The predicted octanol–water partition coefficient (Wildman–Crippen LogP) is 2.76. The van der Waals surface area contributed by atoms with Crippen molar-refractivity contribution in [2.75, 3.05) is 24.5 Å². The van der Waals surface area contributed by atoms with Gasteiger partial charge in [0.2, 0.25) is 5.89 Å². The van der Waals surface area contributed by atoms with Crippen LogP contribution in [0.5, 0.6) is 0 Å². The van der Waals surface area contributed by atoms with Gasteiger partial charge < -0.3 is 14.6 Å². The third-order valence-electron chi connectivity index (χ3n) is 4.87. The van der Waals surface area contributed by atoms with Crippen molar-refractivity contribution in [1.29, 1.82) is 0 Å². The maximum absolute atomic E-state index is 5.86. The maximum atomic E-state index is 5.86. The Labute approximate surface area is 121 Å². The second kappa shape index (κ2) is 6.12. The van der Waals surface area contributed by atoms with Gasteiger partial charge in [-0.15, -0.1) is 5.10 Å². The number of aromatic nitrogens is 2. The van der Waals surface area contributed by atoms with E-state index in [0.717, 1.165) is 31.5 Å². The molecule has 112 valence electrons. The minimum absolute atomic E-state index is 0.133. The fourth-order valence-electron chi connectivity index (χ4n) is 3.70. The Morgan fingerprint density at radius 3 is 2.85 bits per heavy atom. The molecule has 3 rings (SSSR count). The average Bonchev–Trinajstić information content (AvgIpc) is 2.97. The Bertz CT molecular complexity index is 433. The molecule has 1 saturated heterocycles. The molecule has 0 bridgehead atoms. The van der Waals surface area contributed by atoms with Crippen molar-refractivity contribution in [3.63, 3.8) is 0 Å². The lowest BCUT2D eigenvalue weighted by molar-refractivity contribution is 0.198. The summed E-state index contributed by atoms with van der Waals surface area (Å²) in [6.07, 6.45) is 6.89. The Hall–Kier alpha value is -1.10. The van der Waals surface area contributed by atoms with Crippen molar-refractivity contribution >= 4 is 6.01 Å². The monoisotopic (exact) mass is 278 g/mol. The quantitative estimate of drug-likeness (QED) is 0.917. The molecular formula is C15H26N4O. The summed E-state index contributed by atoms with van der Waals surface area (Å²) < 4.78 is 5.86. The van der Waals surface area contributed by atoms with Gasteiger partial charge in [-0.25, -0.2) is 0 Å². The minimum atomic E-state index is 0.133. The maximum Gasteiger partial charge on any atom is 0.318 e. The first-order valence-electron chi connectivity index (χ1n) is 8.09. The molecule has 2 heterocycles. The molecule has 1 aliphatic carbocycles. The Kier molecular flexibility index (Phi) is 4.24. The third kappa shape index (κ3) is 2.82. The van der Waals surface area contributed by atoms with Crippen LogP contribution in [0.15, 0.2) is 4.42 Å². The molecule has 0 aromatic carbocycles. The standard InChI is InChI=1S/C15H26N4O/c1-3-16-11(2)14-17-18-15(20-14)19-9-8-12-6-4-5-7-13(12)10-19/h11-13,16H,3-10H2,1-2H3. The van der Waals surface area contributed by atoms with E-state index in [1.54, 1.807) is 0 Å². The number of rotatable bonds is 4. The second-order valence-electron chi connectivity index (χ2n) is 6.24. The van der Waals surface area contributed by atoms with E-state index in [-0.39, 0.29) is 6.04 Å². The SMILES string of the molecule is CCNC(C)c1nnc(N2CCC3CCCCC3C2)o1. The molecule has 2 aliphatic rings. The molecule has 0 spiro atoms. The molecule has 3 atom stereocenters. The van der Waals surface area contributed by atoms with E-state index in [2.05, 4.69) is 34.3 Å². The van der Waals surface area contributed by atoms with Crippen LogP contribution in [0, 0.1) is 11.8 Å². The summed E-state index contributed by atoms with van der Waals surface area (Å²) in [5, 5.41) is 11.8. The summed E-state index contributed by atoms with van der Waals surface area (Å²) in [6, 6.07) is 0.849. The summed E-state index contributed by atoms with van der Waals surface area (Å²) in [5.74, 6) is 2.47. The Morgan fingerprint density at radius 2 is 2.05 bits per heavy atom. The van der Waals surface area contributed by atoms with Crippen molar-refractivity contribution in [2.24, 2.45) is 11.8 Å². The van der Waals surface area contributed by atoms with Crippen LogP contribution in [0.25, 0.3) is 0 Å². The number of hydrogen-bond acceptors (Lipinski definition) is 5. The van der Waals surface area contributed by atoms with Crippen LogP contribution < -0.4 is 10.2 Å². The van der Waals surface area contributed by atoms with Gasteiger partial charge in [0.05, 0.1) is 6.04 Å². The normalized spacial score (nSPS) is 28.2. The topological polar surface area (TPSA) is 54.2 Å². The molecule has 1 N–H and O–H groups in total. The van der Waals surface area contributed by atoms with E-state index >= 15 is 0 Å². The summed E-state index contributed by atoms with van der Waals surface area (Å²) in [6.45, 7) is 7.22. The summed E-state index contributed by atoms with van der Waals surface area (Å²) in [7, 11) is 0. The first kappa shape index (κ1) is 13.9. The number of nitrogens with zero attached hydrogens (tertiary/aromatic N) is 3. The number of anilines is 1. The smallest absolute Gasteiger partial charge is 0.318 e. The van der Waals surface area contributed by atoms with Gasteiger partial charge in [0.1, 0.15) is 0 Å². The van der Waals surface area contributed by atoms with Gasteiger partial charge in [-0.3, -0.25) is 0 Å². The summed E-state index contributed by atoms with van der Waals surface area (Å²) in [5.41, 5.74) is 0. The van der Waals surface area contributed by atoms with Gasteiger partial charge in [-0.05, 0) is 38.1 Å². The Morgan fingerprint density at radius 1 is 1.25 bits per heavy atom. The van der Waals surface area contributed by atoms with Crippen molar-refractivity contribution in [3.8, 4) is 0 Å². The van der Waals surface area contributed by atoms with Crippen LogP contribution in [0.2, 0.25) is 0 Å². The van der Waals surface area contributed by atoms with Crippen LogP contribution in [0.1, 0.15) is 57.9 Å². The molecule has 1 saturated carbocycles. The number of hydrogen-bond donors (Lipinski definition) is 1. The van der Waals surface area contributed by atoms with Crippen LogP contribution in [-0.2, 0) is 0 Å². The molecule has 1 aromatic heterocycles. The fraction of sp³-hybridized carbons (Fsp3) is 0.867. The molecule has 0 amide bonds.